The zero-order valence-corrected chi connectivity index (χ0v) is 9.75. The molecule has 8 heteroatoms. The van der Waals surface area contributed by atoms with Gasteiger partial charge in [0.15, 0.2) is 9.84 Å². The fourth-order valence-electron chi connectivity index (χ4n) is 0.611. The van der Waals surface area contributed by atoms with E-state index in [1.807, 2.05) is 0 Å². The number of ether oxygens (including phenoxy) is 1. The van der Waals surface area contributed by atoms with Gasteiger partial charge in [0.2, 0.25) is 0 Å². The molecule has 0 aliphatic rings. The van der Waals surface area contributed by atoms with Gasteiger partial charge in [0, 0.05) is 7.11 Å². The van der Waals surface area contributed by atoms with E-state index >= 15 is 0 Å². The lowest BCUT2D eigenvalue weighted by Crippen LogP contribution is -2.32. The first-order valence-electron chi connectivity index (χ1n) is 3.59. The number of rotatable bonds is 5. The van der Waals surface area contributed by atoms with Gasteiger partial charge in [-0.25, -0.2) is 8.42 Å². The van der Waals surface area contributed by atoms with Gasteiger partial charge in [-0.2, -0.15) is 13.2 Å². The Labute approximate surface area is 88.7 Å². The molecular weight excluding hydrogens is 289 g/mol. The topological polar surface area (TPSA) is 43.4 Å². The summed E-state index contributed by atoms with van der Waals surface area (Å²) in [5.74, 6) is -1.36. The van der Waals surface area contributed by atoms with Crippen molar-refractivity contribution in [2.75, 3.05) is 25.2 Å². The highest BCUT2D eigenvalue weighted by Gasteiger charge is 2.40. The van der Waals surface area contributed by atoms with Crippen molar-refractivity contribution in [2.24, 2.45) is 0 Å². The van der Waals surface area contributed by atoms with E-state index in [0.717, 1.165) is 0 Å². The Bertz CT molecular complexity index is 262. The molecule has 0 aromatic rings. The molecule has 0 saturated carbocycles. The third kappa shape index (κ3) is 5.82. The van der Waals surface area contributed by atoms with Gasteiger partial charge in [0.05, 0.1) is 18.1 Å². The molecule has 0 bridgehead atoms. The molecule has 0 aliphatic carbocycles. The van der Waals surface area contributed by atoms with Crippen molar-refractivity contribution in [2.45, 2.75) is 11.0 Å². The van der Waals surface area contributed by atoms with Gasteiger partial charge < -0.3 is 4.74 Å². The van der Waals surface area contributed by atoms with Crippen LogP contribution in [0.5, 0.6) is 0 Å². The second-order valence-electron chi connectivity index (χ2n) is 2.62. The van der Waals surface area contributed by atoms with Crippen molar-refractivity contribution < 1.29 is 26.3 Å². The van der Waals surface area contributed by atoms with Crippen LogP contribution >= 0.6 is 15.9 Å². The summed E-state index contributed by atoms with van der Waals surface area (Å²) in [6.07, 6.45) is -4.54. The summed E-state index contributed by atoms with van der Waals surface area (Å²) in [7, 11) is -2.44. The van der Waals surface area contributed by atoms with Gasteiger partial charge in [-0.3, -0.25) is 0 Å². The predicted octanol–water partition coefficient (Wildman–Crippen LogP) is 1.37. The summed E-state index contributed by atoms with van der Waals surface area (Å²) in [6.45, 7) is -0.0973. The standard InChI is InChI=1S/C6H10BrF3O3S/c1-13-2-3-14(11,12)4-5(7)6(8,9)10/h5H,2-4H2,1H3. The van der Waals surface area contributed by atoms with E-state index in [-0.39, 0.29) is 6.61 Å². The summed E-state index contributed by atoms with van der Waals surface area (Å²) in [4.78, 5) is -2.02. The molecule has 0 rings (SSSR count). The van der Waals surface area contributed by atoms with E-state index in [1.54, 1.807) is 0 Å². The SMILES string of the molecule is COCCS(=O)(=O)CC(Br)C(F)(F)F. The third-order valence-electron chi connectivity index (χ3n) is 1.35. The highest BCUT2D eigenvalue weighted by molar-refractivity contribution is 9.09. The predicted molar refractivity (Wildman–Crippen MR) is 49.3 cm³/mol. The Kier molecular flexibility index (Phi) is 5.38. The number of methoxy groups -OCH3 is 1. The summed E-state index contributed by atoms with van der Waals surface area (Å²) in [5, 5.41) is 0. The van der Waals surface area contributed by atoms with Gasteiger partial charge in [0.1, 0.15) is 4.83 Å². The number of sulfone groups is 1. The minimum absolute atomic E-state index is 0.0973. The van der Waals surface area contributed by atoms with Gasteiger partial charge in [-0.15, -0.1) is 0 Å². The Hall–Kier alpha value is 0.180. The molecule has 0 amide bonds. The normalized spacial score (nSPS) is 15.5. The molecule has 86 valence electrons. The Morgan fingerprint density at radius 2 is 1.93 bits per heavy atom. The average Bonchev–Trinajstić information content (AvgIpc) is 1.98. The first kappa shape index (κ1) is 14.2. The van der Waals surface area contributed by atoms with Gasteiger partial charge >= 0.3 is 6.18 Å². The maximum Gasteiger partial charge on any atom is 0.402 e. The van der Waals surface area contributed by atoms with Crippen LogP contribution in [-0.2, 0) is 14.6 Å². The molecule has 1 unspecified atom stereocenters. The molecule has 0 aliphatic heterocycles. The first-order chi connectivity index (χ1) is 6.19. The van der Waals surface area contributed by atoms with Crippen LogP contribution in [0.3, 0.4) is 0 Å². The molecule has 0 aromatic carbocycles. The van der Waals surface area contributed by atoms with Crippen LogP contribution in [0.1, 0.15) is 0 Å². The number of halogens is 4. The van der Waals surface area contributed by atoms with Crippen molar-refractivity contribution in [1.82, 2.24) is 0 Å². The van der Waals surface area contributed by atoms with Crippen molar-refractivity contribution in [3.8, 4) is 0 Å². The number of hydrogen-bond acceptors (Lipinski definition) is 3. The van der Waals surface area contributed by atoms with Crippen LogP contribution in [0, 0.1) is 0 Å². The van der Waals surface area contributed by atoms with E-state index < -0.39 is 32.3 Å². The summed E-state index contributed by atoms with van der Waals surface area (Å²) >= 11 is 2.28. The van der Waals surface area contributed by atoms with Crippen molar-refractivity contribution >= 4 is 25.8 Å². The summed E-state index contributed by atoms with van der Waals surface area (Å²) < 4.78 is 62.4. The first-order valence-corrected chi connectivity index (χ1v) is 6.33. The van der Waals surface area contributed by atoms with E-state index in [4.69, 9.17) is 0 Å². The molecule has 1 atom stereocenters. The molecular formula is C6H10BrF3O3S. The quantitative estimate of drug-likeness (QED) is 0.720. The van der Waals surface area contributed by atoms with Gasteiger partial charge in [0.25, 0.3) is 0 Å². The fraction of sp³-hybridized carbons (Fsp3) is 1.00. The number of hydrogen-bond donors (Lipinski definition) is 0. The van der Waals surface area contributed by atoms with Crippen LogP contribution in [0.4, 0.5) is 13.2 Å². The Balaban J connectivity index is 4.23. The van der Waals surface area contributed by atoms with E-state index in [1.165, 1.54) is 7.11 Å². The fourth-order valence-corrected chi connectivity index (χ4v) is 3.04. The molecule has 0 N–H and O–H groups in total. The van der Waals surface area contributed by atoms with Crippen LogP contribution in [-0.4, -0.2) is 44.6 Å². The highest BCUT2D eigenvalue weighted by Crippen LogP contribution is 2.27. The number of alkyl halides is 4. The highest BCUT2D eigenvalue weighted by atomic mass is 79.9. The lowest BCUT2D eigenvalue weighted by atomic mass is 10.5. The lowest BCUT2D eigenvalue weighted by Gasteiger charge is -2.13. The minimum Gasteiger partial charge on any atom is -0.384 e. The molecule has 0 saturated heterocycles. The summed E-state index contributed by atoms with van der Waals surface area (Å²) in [6, 6.07) is 0. The third-order valence-corrected chi connectivity index (χ3v) is 4.26. The van der Waals surface area contributed by atoms with Gasteiger partial charge in [-0.1, -0.05) is 15.9 Å². The largest absolute Gasteiger partial charge is 0.402 e. The molecule has 0 fully saturated rings. The Morgan fingerprint density at radius 3 is 2.29 bits per heavy atom. The zero-order chi connectivity index (χ0) is 11.4. The minimum atomic E-state index is -4.54. The molecule has 14 heavy (non-hydrogen) atoms. The van der Waals surface area contributed by atoms with E-state index in [2.05, 4.69) is 20.7 Å². The Morgan fingerprint density at radius 1 is 1.43 bits per heavy atom. The monoisotopic (exact) mass is 298 g/mol. The second kappa shape index (κ2) is 5.32. The van der Waals surface area contributed by atoms with Crippen molar-refractivity contribution in [3.63, 3.8) is 0 Å². The maximum atomic E-state index is 12.0. The zero-order valence-electron chi connectivity index (χ0n) is 7.34. The second-order valence-corrected chi connectivity index (χ2v) is 5.95. The van der Waals surface area contributed by atoms with Crippen LogP contribution in [0.2, 0.25) is 0 Å². The van der Waals surface area contributed by atoms with Crippen molar-refractivity contribution in [3.05, 3.63) is 0 Å². The van der Waals surface area contributed by atoms with Crippen LogP contribution < -0.4 is 0 Å². The average molecular weight is 299 g/mol. The van der Waals surface area contributed by atoms with Crippen LogP contribution in [0.25, 0.3) is 0 Å². The molecule has 0 heterocycles. The smallest absolute Gasteiger partial charge is 0.384 e. The van der Waals surface area contributed by atoms with Crippen molar-refractivity contribution in [1.29, 1.82) is 0 Å². The molecule has 0 radical (unpaired) electrons. The van der Waals surface area contributed by atoms with Crippen LogP contribution in [0.15, 0.2) is 0 Å². The lowest BCUT2D eigenvalue weighted by molar-refractivity contribution is -0.123. The van der Waals surface area contributed by atoms with Gasteiger partial charge in [-0.05, 0) is 0 Å². The molecule has 3 nitrogen and oxygen atoms in total. The maximum absolute atomic E-state index is 12.0. The van der Waals surface area contributed by atoms with E-state index in [0.29, 0.717) is 0 Å². The van der Waals surface area contributed by atoms with E-state index in [9.17, 15) is 21.6 Å². The summed E-state index contributed by atoms with van der Waals surface area (Å²) in [5.41, 5.74) is 0. The molecule has 0 aromatic heterocycles. The molecule has 0 spiro atoms.